The Bertz CT molecular complexity index is 514. The number of methoxy groups -OCH3 is 1. The molecule has 0 unspecified atom stereocenters. The molecule has 1 aromatic carbocycles. The van der Waals surface area contributed by atoms with Crippen LogP contribution in [0.1, 0.15) is 5.56 Å². The van der Waals surface area contributed by atoms with Crippen molar-refractivity contribution in [1.29, 1.82) is 0 Å². The molecule has 0 aliphatic rings. The lowest BCUT2D eigenvalue weighted by Crippen LogP contribution is -2.58. The van der Waals surface area contributed by atoms with E-state index in [1.165, 1.54) is 31.4 Å². The van der Waals surface area contributed by atoms with Gasteiger partial charge in [-0.2, -0.15) is 35.8 Å². The Hall–Kier alpha value is -2.00. The van der Waals surface area contributed by atoms with E-state index < -0.39 is 18.1 Å². The van der Waals surface area contributed by atoms with Crippen molar-refractivity contribution in [3.8, 4) is 5.75 Å². The van der Waals surface area contributed by atoms with Crippen LogP contribution in [0.2, 0.25) is 0 Å². The molecule has 1 aromatic rings. The van der Waals surface area contributed by atoms with E-state index in [0.29, 0.717) is 11.6 Å². The molecular weight excluding hydrogens is 309 g/mol. The van der Waals surface area contributed by atoms with Gasteiger partial charge in [0.25, 0.3) is 0 Å². The van der Waals surface area contributed by atoms with Crippen LogP contribution < -0.4 is 10.2 Å². The molecule has 10 heteroatoms. The summed E-state index contributed by atoms with van der Waals surface area (Å²) in [6.07, 6.45) is -5.78. The SMILES string of the molecule is COc1ccccc1/C=N/NC(F)(F)C(F)(F)C(F)(F)F. The maximum atomic E-state index is 12.9. The number of para-hydroxylation sites is 1. The summed E-state index contributed by atoms with van der Waals surface area (Å²) in [6, 6.07) is 0.167. The quantitative estimate of drug-likeness (QED) is 0.391. The Balaban J connectivity index is 2.89. The number of hydrogen-bond acceptors (Lipinski definition) is 3. The fourth-order valence-electron chi connectivity index (χ4n) is 1.20. The zero-order valence-electron chi connectivity index (χ0n) is 10.4. The lowest BCUT2D eigenvalue weighted by atomic mass is 10.2. The van der Waals surface area contributed by atoms with Gasteiger partial charge in [0, 0.05) is 5.56 Å². The van der Waals surface area contributed by atoms with Crippen LogP contribution in [0, 0.1) is 0 Å². The first-order chi connectivity index (χ1) is 9.53. The van der Waals surface area contributed by atoms with E-state index in [-0.39, 0.29) is 11.3 Å². The van der Waals surface area contributed by atoms with Crippen molar-refractivity contribution < 1.29 is 35.5 Å². The molecule has 0 aliphatic heterocycles. The molecule has 0 spiro atoms. The molecule has 1 N–H and O–H groups in total. The molecule has 0 aliphatic carbocycles. The van der Waals surface area contributed by atoms with Crippen molar-refractivity contribution in [2.24, 2.45) is 5.10 Å². The van der Waals surface area contributed by atoms with Crippen molar-refractivity contribution in [3.05, 3.63) is 29.8 Å². The molecular formula is C11H9F7N2O. The second kappa shape index (κ2) is 5.78. The molecule has 0 atom stereocenters. The van der Waals surface area contributed by atoms with Gasteiger partial charge in [-0.15, -0.1) is 0 Å². The fraction of sp³-hybridized carbons (Fsp3) is 0.364. The highest BCUT2D eigenvalue weighted by Gasteiger charge is 2.73. The van der Waals surface area contributed by atoms with Crippen molar-refractivity contribution in [2.75, 3.05) is 7.11 Å². The van der Waals surface area contributed by atoms with E-state index in [4.69, 9.17) is 4.74 Å². The van der Waals surface area contributed by atoms with Gasteiger partial charge in [-0.1, -0.05) is 12.1 Å². The molecule has 0 saturated heterocycles. The van der Waals surface area contributed by atoms with Gasteiger partial charge in [-0.3, -0.25) is 0 Å². The third-order valence-corrected chi connectivity index (χ3v) is 2.30. The zero-order valence-corrected chi connectivity index (χ0v) is 10.4. The predicted octanol–water partition coefficient (Wildman–Crippen LogP) is 3.41. The summed E-state index contributed by atoms with van der Waals surface area (Å²) >= 11 is 0. The number of nitrogens with one attached hydrogen (secondary N) is 1. The third kappa shape index (κ3) is 3.56. The summed E-state index contributed by atoms with van der Waals surface area (Å²) in [5.74, 6) is -6.09. The first-order valence-electron chi connectivity index (χ1n) is 5.28. The number of rotatable bonds is 5. The van der Waals surface area contributed by atoms with Crippen molar-refractivity contribution in [2.45, 2.75) is 18.1 Å². The third-order valence-electron chi connectivity index (χ3n) is 2.30. The van der Waals surface area contributed by atoms with E-state index in [1.807, 2.05) is 0 Å². The molecule has 0 bridgehead atoms. The number of benzene rings is 1. The lowest BCUT2D eigenvalue weighted by molar-refractivity contribution is -0.361. The molecule has 118 valence electrons. The van der Waals surface area contributed by atoms with Gasteiger partial charge in [0.15, 0.2) is 0 Å². The summed E-state index contributed by atoms with van der Waals surface area (Å²) < 4.78 is 91.2. The molecule has 0 aromatic heterocycles. The minimum Gasteiger partial charge on any atom is -0.496 e. The molecule has 0 saturated carbocycles. The van der Waals surface area contributed by atoms with Crippen molar-refractivity contribution in [3.63, 3.8) is 0 Å². The van der Waals surface area contributed by atoms with Crippen molar-refractivity contribution in [1.82, 2.24) is 5.43 Å². The summed E-state index contributed by atoms with van der Waals surface area (Å²) in [5.41, 5.74) is 0.626. The monoisotopic (exact) mass is 318 g/mol. The topological polar surface area (TPSA) is 33.6 Å². The van der Waals surface area contributed by atoms with Crippen LogP contribution >= 0.6 is 0 Å². The lowest BCUT2D eigenvalue weighted by Gasteiger charge is -2.27. The van der Waals surface area contributed by atoms with E-state index in [0.717, 1.165) is 0 Å². The maximum absolute atomic E-state index is 12.9. The Morgan fingerprint density at radius 3 is 2.14 bits per heavy atom. The molecule has 1 rings (SSSR count). The largest absolute Gasteiger partial charge is 0.496 e. The first-order valence-corrected chi connectivity index (χ1v) is 5.28. The summed E-state index contributed by atoms with van der Waals surface area (Å²) in [4.78, 5) is 0. The molecule has 0 fully saturated rings. The van der Waals surface area contributed by atoms with Gasteiger partial charge >= 0.3 is 18.1 Å². The highest BCUT2D eigenvalue weighted by atomic mass is 19.4. The second-order valence-electron chi connectivity index (χ2n) is 3.76. The second-order valence-corrected chi connectivity index (χ2v) is 3.76. The number of halogens is 7. The summed E-state index contributed by atoms with van der Waals surface area (Å²) in [7, 11) is 1.26. The fourth-order valence-corrected chi connectivity index (χ4v) is 1.20. The number of ether oxygens (including phenoxy) is 1. The van der Waals surface area contributed by atoms with Crippen LogP contribution in [0.3, 0.4) is 0 Å². The van der Waals surface area contributed by atoms with Gasteiger partial charge < -0.3 is 4.74 Å². The smallest absolute Gasteiger partial charge is 0.462 e. The first kappa shape index (κ1) is 17.1. The minimum atomic E-state index is -6.41. The summed E-state index contributed by atoms with van der Waals surface area (Å²) in [6.45, 7) is 0. The summed E-state index contributed by atoms with van der Waals surface area (Å²) in [5, 5.41) is 2.72. The van der Waals surface area contributed by atoms with E-state index >= 15 is 0 Å². The van der Waals surface area contributed by atoms with Crippen molar-refractivity contribution >= 4 is 6.21 Å². The molecule has 3 nitrogen and oxygen atoms in total. The Morgan fingerprint density at radius 2 is 1.62 bits per heavy atom. The number of hydrogen-bond donors (Lipinski definition) is 1. The van der Waals surface area contributed by atoms with Crippen LogP contribution in [-0.2, 0) is 0 Å². The Morgan fingerprint density at radius 1 is 1.05 bits per heavy atom. The zero-order chi connectivity index (χ0) is 16.3. The number of hydrazone groups is 1. The predicted molar refractivity (Wildman–Crippen MR) is 59.7 cm³/mol. The Kier molecular flexibility index (Phi) is 4.69. The molecule has 0 heterocycles. The van der Waals surface area contributed by atoms with E-state index in [1.54, 1.807) is 0 Å². The Labute approximate surface area is 114 Å². The number of nitrogens with zero attached hydrogens (tertiary/aromatic N) is 1. The number of alkyl halides is 7. The van der Waals surface area contributed by atoms with E-state index in [9.17, 15) is 30.7 Å². The minimum absolute atomic E-state index is 0.110. The highest BCUT2D eigenvalue weighted by molar-refractivity contribution is 5.83. The van der Waals surface area contributed by atoms with E-state index in [2.05, 4.69) is 5.10 Å². The van der Waals surface area contributed by atoms with Crippen LogP contribution in [0.25, 0.3) is 0 Å². The van der Waals surface area contributed by atoms with Gasteiger partial charge in [0.05, 0.1) is 13.3 Å². The van der Waals surface area contributed by atoms with Gasteiger partial charge in [-0.25, -0.2) is 5.43 Å². The molecule has 0 radical (unpaired) electrons. The maximum Gasteiger partial charge on any atom is 0.462 e. The van der Waals surface area contributed by atoms with Crippen LogP contribution in [-0.4, -0.2) is 31.5 Å². The van der Waals surface area contributed by atoms with Crippen LogP contribution in [0.15, 0.2) is 29.4 Å². The normalized spacial score (nSPS) is 13.5. The average molecular weight is 318 g/mol. The average Bonchev–Trinajstić information content (AvgIpc) is 2.37. The highest BCUT2D eigenvalue weighted by Crippen LogP contribution is 2.44. The molecule has 21 heavy (non-hydrogen) atoms. The van der Waals surface area contributed by atoms with Gasteiger partial charge in [0.1, 0.15) is 5.75 Å². The van der Waals surface area contributed by atoms with Crippen LogP contribution in [0.4, 0.5) is 30.7 Å². The van der Waals surface area contributed by atoms with Gasteiger partial charge in [0.2, 0.25) is 0 Å². The standard InChI is InChI=1S/C11H9F7N2O/c1-21-8-5-3-2-4-7(8)6-19-20-11(17,18)9(12,13)10(14,15)16/h2-6,20H,1H3/b19-6+. The van der Waals surface area contributed by atoms with Crippen LogP contribution in [0.5, 0.6) is 5.75 Å². The molecule has 0 amide bonds. The van der Waals surface area contributed by atoms with Gasteiger partial charge in [-0.05, 0) is 12.1 Å².